The number of nitrogen functional groups attached to an aromatic ring is 1. The molecule has 0 spiro atoms. The molecule has 1 aliphatic rings. The molecule has 0 atom stereocenters. The van der Waals surface area contributed by atoms with Crippen molar-refractivity contribution in [2.75, 3.05) is 18.7 Å². The van der Waals surface area contributed by atoms with Gasteiger partial charge in [-0.05, 0) is 42.7 Å². The fraction of sp³-hybridized carbons (Fsp3) is 0.375. The van der Waals surface area contributed by atoms with Gasteiger partial charge in [-0.1, -0.05) is 55.3 Å². The van der Waals surface area contributed by atoms with Gasteiger partial charge >= 0.3 is 0 Å². The first-order valence-electron chi connectivity index (χ1n) is 11.1. The quantitative estimate of drug-likeness (QED) is 0.392. The third-order valence-electron chi connectivity index (χ3n) is 5.94. The first-order valence-corrected chi connectivity index (χ1v) is 12.1. The van der Waals surface area contributed by atoms with Gasteiger partial charge in [-0.15, -0.1) is 10.2 Å². The van der Waals surface area contributed by atoms with Crippen molar-refractivity contribution >= 4 is 17.7 Å². The van der Waals surface area contributed by atoms with E-state index in [0.717, 1.165) is 36.8 Å². The Morgan fingerprint density at radius 1 is 1.15 bits per heavy atom. The minimum atomic E-state index is -0.280. The van der Waals surface area contributed by atoms with Crippen molar-refractivity contribution in [3.8, 4) is 17.1 Å². The second-order valence-corrected chi connectivity index (χ2v) is 9.05. The lowest BCUT2D eigenvalue weighted by Gasteiger charge is -2.34. The molecule has 9 heteroatoms. The molecule has 174 valence electrons. The molecule has 7 nitrogen and oxygen atoms in total. The number of carbonyl (C=O) groups is 1. The van der Waals surface area contributed by atoms with Crippen molar-refractivity contribution in [3.63, 3.8) is 0 Å². The summed E-state index contributed by atoms with van der Waals surface area (Å²) in [6, 6.07) is 14.0. The van der Waals surface area contributed by atoms with Crippen LogP contribution in [0, 0.1) is 5.82 Å². The smallest absolute Gasteiger partial charge is 0.233 e. The number of nitrogens with zero attached hydrogens (tertiary/aromatic N) is 4. The Hall–Kier alpha value is -3.07. The zero-order valence-corrected chi connectivity index (χ0v) is 19.4. The maximum absolute atomic E-state index is 13.3. The van der Waals surface area contributed by atoms with Gasteiger partial charge in [-0.2, -0.15) is 0 Å². The van der Waals surface area contributed by atoms with Crippen molar-refractivity contribution in [2.24, 2.45) is 0 Å². The molecule has 1 fully saturated rings. The van der Waals surface area contributed by atoms with Gasteiger partial charge in [0.05, 0.1) is 18.4 Å². The van der Waals surface area contributed by atoms with Gasteiger partial charge in [-0.3, -0.25) is 4.79 Å². The number of amides is 1. The van der Waals surface area contributed by atoms with Crippen molar-refractivity contribution in [1.82, 2.24) is 19.8 Å². The Labute approximate surface area is 197 Å². The Morgan fingerprint density at radius 3 is 2.61 bits per heavy atom. The molecule has 1 saturated carbocycles. The van der Waals surface area contributed by atoms with Gasteiger partial charge in [0.1, 0.15) is 11.6 Å². The van der Waals surface area contributed by atoms with Crippen molar-refractivity contribution in [2.45, 2.75) is 49.8 Å². The summed E-state index contributed by atoms with van der Waals surface area (Å²) in [5.41, 5.74) is 1.65. The molecule has 33 heavy (non-hydrogen) atoms. The second-order valence-electron chi connectivity index (χ2n) is 8.11. The van der Waals surface area contributed by atoms with Crippen LogP contribution in [0.5, 0.6) is 5.75 Å². The zero-order chi connectivity index (χ0) is 23.2. The van der Waals surface area contributed by atoms with E-state index in [0.29, 0.717) is 23.3 Å². The minimum absolute atomic E-state index is 0.0121. The molecule has 2 aromatic carbocycles. The fourth-order valence-corrected chi connectivity index (χ4v) is 4.94. The van der Waals surface area contributed by atoms with E-state index in [4.69, 9.17) is 10.6 Å². The third-order valence-corrected chi connectivity index (χ3v) is 6.87. The Kier molecular flexibility index (Phi) is 7.49. The number of rotatable bonds is 8. The highest BCUT2D eigenvalue weighted by atomic mass is 32.2. The molecule has 2 N–H and O–H groups in total. The summed E-state index contributed by atoms with van der Waals surface area (Å²) in [6.45, 7) is 0.464. The predicted octanol–water partition coefficient (Wildman–Crippen LogP) is 4.26. The normalized spacial score (nSPS) is 14.2. The molecule has 1 aliphatic carbocycles. The maximum atomic E-state index is 13.3. The summed E-state index contributed by atoms with van der Waals surface area (Å²) < 4.78 is 20.1. The number of thioether (sulfide) groups is 1. The van der Waals surface area contributed by atoms with Crippen LogP contribution in [0.25, 0.3) is 11.4 Å². The largest absolute Gasteiger partial charge is 0.496 e. The molecular weight excluding hydrogens is 441 g/mol. The van der Waals surface area contributed by atoms with E-state index in [9.17, 15) is 9.18 Å². The Balaban J connectivity index is 1.48. The van der Waals surface area contributed by atoms with Crippen LogP contribution in [0.15, 0.2) is 53.7 Å². The molecule has 1 amide bonds. The number of halogens is 1. The molecule has 1 heterocycles. The number of methoxy groups -OCH3 is 1. The van der Waals surface area contributed by atoms with E-state index in [1.165, 1.54) is 35.0 Å². The number of hydrogen-bond acceptors (Lipinski definition) is 6. The van der Waals surface area contributed by atoms with Crippen LogP contribution in [0.3, 0.4) is 0 Å². The van der Waals surface area contributed by atoms with Crippen molar-refractivity contribution in [1.29, 1.82) is 0 Å². The van der Waals surface area contributed by atoms with Gasteiger partial charge in [0.25, 0.3) is 0 Å². The van der Waals surface area contributed by atoms with E-state index in [-0.39, 0.29) is 23.5 Å². The van der Waals surface area contributed by atoms with Crippen LogP contribution in [0.4, 0.5) is 4.39 Å². The van der Waals surface area contributed by atoms with E-state index >= 15 is 0 Å². The summed E-state index contributed by atoms with van der Waals surface area (Å²) in [5.74, 6) is 7.30. The van der Waals surface area contributed by atoms with Crippen LogP contribution in [0.1, 0.15) is 37.7 Å². The highest BCUT2D eigenvalue weighted by Crippen LogP contribution is 2.30. The number of benzene rings is 2. The number of carbonyl (C=O) groups excluding carboxylic acids is 1. The molecule has 0 radical (unpaired) electrons. The third kappa shape index (κ3) is 5.47. The summed E-state index contributed by atoms with van der Waals surface area (Å²) in [4.78, 5) is 15.2. The first-order chi connectivity index (χ1) is 16.1. The van der Waals surface area contributed by atoms with E-state index < -0.39 is 0 Å². The highest BCUT2D eigenvalue weighted by molar-refractivity contribution is 7.99. The predicted molar refractivity (Wildman–Crippen MR) is 127 cm³/mol. The summed E-state index contributed by atoms with van der Waals surface area (Å²) in [7, 11) is 1.59. The number of aromatic nitrogens is 3. The van der Waals surface area contributed by atoms with Crippen LogP contribution >= 0.6 is 11.8 Å². The molecule has 0 aliphatic heterocycles. The zero-order valence-electron chi connectivity index (χ0n) is 18.6. The van der Waals surface area contributed by atoms with Gasteiger partial charge < -0.3 is 15.5 Å². The Bertz CT molecular complexity index is 1080. The van der Waals surface area contributed by atoms with Crippen LogP contribution in [-0.4, -0.2) is 44.6 Å². The van der Waals surface area contributed by atoms with Crippen molar-refractivity contribution < 1.29 is 13.9 Å². The standard InChI is InChI=1S/C24H28FN5O2S/c1-32-21-10-6-5-9-20(21)23-27-28-24(30(23)26)33-16-22(31)29(19-7-3-2-4-8-19)15-17-11-13-18(25)14-12-17/h5-6,9-14,19H,2-4,7-8,15-16,26H2,1H3. The molecule has 4 rings (SSSR count). The topological polar surface area (TPSA) is 86.3 Å². The van der Waals surface area contributed by atoms with Crippen molar-refractivity contribution in [3.05, 3.63) is 59.9 Å². The Morgan fingerprint density at radius 2 is 1.88 bits per heavy atom. The SMILES string of the molecule is COc1ccccc1-c1nnc(SCC(=O)N(Cc2ccc(F)cc2)C2CCCCC2)n1N. The molecule has 1 aromatic heterocycles. The number of para-hydroxylation sites is 1. The van der Waals surface area contributed by atoms with Gasteiger partial charge in [-0.25, -0.2) is 9.07 Å². The first kappa shape index (κ1) is 23.1. The van der Waals surface area contributed by atoms with E-state index in [2.05, 4.69) is 10.2 Å². The summed E-state index contributed by atoms with van der Waals surface area (Å²) in [6.07, 6.45) is 5.41. The molecule has 3 aromatic rings. The van der Waals surface area contributed by atoms with Crippen LogP contribution in [0.2, 0.25) is 0 Å². The van der Waals surface area contributed by atoms with Crippen LogP contribution in [-0.2, 0) is 11.3 Å². The lowest BCUT2D eigenvalue weighted by atomic mass is 9.94. The maximum Gasteiger partial charge on any atom is 0.233 e. The average Bonchev–Trinajstić information content (AvgIpc) is 3.22. The minimum Gasteiger partial charge on any atom is -0.496 e. The highest BCUT2D eigenvalue weighted by Gasteiger charge is 2.26. The average molecular weight is 470 g/mol. The number of hydrogen-bond donors (Lipinski definition) is 1. The molecular formula is C24H28FN5O2S. The lowest BCUT2D eigenvalue weighted by Crippen LogP contribution is -2.42. The molecule has 0 saturated heterocycles. The summed E-state index contributed by atoms with van der Waals surface area (Å²) >= 11 is 1.26. The van der Waals surface area contributed by atoms with Gasteiger partial charge in [0.15, 0.2) is 5.82 Å². The monoisotopic (exact) mass is 469 g/mol. The van der Waals surface area contributed by atoms with Gasteiger partial charge in [0, 0.05) is 12.6 Å². The van der Waals surface area contributed by atoms with Crippen LogP contribution < -0.4 is 10.6 Å². The lowest BCUT2D eigenvalue weighted by molar-refractivity contribution is -0.132. The molecule has 0 bridgehead atoms. The fourth-order valence-electron chi connectivity index (χ4n) is 4.20. The van der Waals surface area contributed by atoms with Gasteiger partial charge in [0.2, 0.25) is 11.1 Å². The van der Waals surface area contributed by atoms with E-state index in [1.807, 2.05) is 29.2 Å². The number of ether oxygens (including phenoxy) is 1. The number of nitrogens with two attached hydrogens (primary N) is 1. The van der Waals surface area contributed by atoms with E-state index in [1.54, 1.807) is 19.2 Å². The molecule has 0 unspecified atom stereocenters. The second kappa shape index (κ2) is 10.7. The summed E-state index contributed by atoms with van der Waals surface area (Å²) in [5, 5.41) is 8.85.